The van der Waals surface area contributed by atoms with Crippen LogP contribution in [-0.2, 0) is 21.2 Å². The maximum atomic E-state index is 12.4. The smallest absolute Gasteiger partial charge is 0.240 e. The van der Waals surface area contributed by atoms with E-state index in [0.29, 0.717) is 22.2 Å². The molecule has 0 saturated heterocycles. The topological polar surface area (TPSA) is 84.5 Å². The number of hydrogen-bond donors (Lipinski definition) is 2. The first-order valence-electron chi connectivity index (χ1n) is 8.56. The number of methoxy groups -OCH3 is 1. The van der Waals surface area contributed by atoms with Crippen molar-refractivity contribution in [2.45, 2.75) is 37.6 Å². The summed E-state index contributed by atoms with van der Waals surface area (Å²) < 4.78 is 32.5. The molecule has 9 heteroatoms. The van der Waals surface area contributed by atoms with Crippen molar-refractivity contribution in [3.63, 3.8) is 0 Å². The number of sulfonamides is 1. The molecule has 0 atom stereocenters. The van der Waals surface area contributed by atoms with Crippen molar-refractivity contribution in [1.29, 1.82) is 0 Å². The number of amides is 1. The number of benzene rings is 2. The monoisotopic (exact) mass is 444 g/mol. The third-order valence-corrected chi connectivity index (χ3v) is 6.17. The summed E-state index contributed by atoms with van der Waals surface area (Å²) in [5.41, 5.74) is 1.15. The Morgan fingerprint density at radius 3 is 2.43 bits per heavy atom. The van der Waals surface area contributed by atoms with Gasteiger partial charge in [0.15, 0.2) is 0 Å². The Labute approximate surface area is 175 Å². The van der Waals surface area contributed by atoms with Gasteiger partial charge in [0.25, 0.3) is 0 Å². The lowest BCUT2D eigenvalue weighted by atomic mass is 10.1. The van der Waals surface area contributed by atoms with Gasteiger partial charge in [-0.2, -0.15) is 0 Å². The van der Waals surface area contributed by atoms with Crippen LogP contribution in [0.2, 0.25) is 10.0 Å². The van der Waals surface area contributed by atoms with Gasteiger partial charge in [0.2, 0.25) is 15.9 Å². The molecule has 1 amide bonds. The van der Waals surface area contributed by atoms with E-state index in [1.165, 1.54) is 25.3 Å². The molecule has 2 aromatic rings. The Kier molecular flexibility index (Phi) is 7.71. The molecule has 28 heavy (non-hydrogen) atoms. The van der Waals surface area contributed by atoms with Crippen LogP contribution in [0.1, 0.15) is 25.8 Å². The van der Waals surface area contributed by atoms with Crippen LogP contribution in [0.4, 0.5) is 5.69 Å². The first-order chi connectivity index (χ1) is 13.1. The SMILES string of the molecule is COc1ccc(S(=O)(=O)NC(C)C)cc1NC(=O)CCc1ccc(Cl)c(Cl)c1. The number of carbonyl (C=O) groups excluding carboxylic acids is 1. The van der Waals surface area contributed by atoms with E-state index in [2.05, 4.69) is 10.0 Å². The van der Waals surface area contributed by atoms with Crippen molar-refractivity contribution < 1.29 is 17.9 Å². The summed E-state index contributed by atoms with van der Waals surface area (Å²) >= 11 is 11.9. The highest BCUT2D eigenvalue weighted by Gasteiger charge is 2.18. The van der Waals surface area contributed by atoms with E-state index in [1.807, 2.05) is 0 Å². The van der Waals surface area contributed by atoms with E-state index in [9.17, 15) is 13.2 Å². The van der Waals surface area contributed by atoms with Gasteiger partial charge >= 0.3 is 0 Å². The molecular formula is C19H22Cl2N2O4S. The molecule has 2 N–H and O–H groups in total. The molecule has 0 radical (unpaired) electrons. The number of nitrogens with one attached hydrogen (secondary N) is 2. The lowest BCUT2D eigenvalue weighted by Crippen LogP contribution is -2.30. The minimum Gasteiger partial charge on any atom is -0.495 e. The highest BCUT2D eigenvalue weighted by atomic mass is 35.5. The van der Waals surface area contributed by atoms with E-state index in [0.717, 1.165) is 5.56 Å². The molecule has 0 spiro atoms. The van der Waals surface area contributed by atoms with E-state index in [4.69, 9.17) is 27.9 Å². The number of aryl methyl sites for hydroxylation is 1. The number of ether oxygens (including phenoxy) is 1. The van der Waals surface area contributed by atoms with Crippen LogP contribution < -0.4 is 14.8 Å². The second-order valence-corrected chi connectivity index (χ2v) is 8.96. The lowest BCUT2D eigenvalue weighted by Gasteiger charge is -2.14. The van der Waals surface area contributed by atoms with Gasteiger partial charge in [0, 0.05) is 12.5 Å². The van der Waals surface area contributed by atoms with Gasteiger partial charge in [-0.05, 0) is 56.2 Å². The Bertz CT molecular complexity index is 962. The zero-order chi connectivity index (χ0) is 20.9. The maximum Gasteiger partial charge on any atom is 0.240 e. The van der Waals surface area contributed by atoms with Crippen molar-refractivity contribution in [3.05, 3.63) is 52.0 Å². The Morgan fingerprint density at radius 1 is 1.11 bits per heavy atom. The van der Waals surface area contributed by atoms with E-state index in [-0.39, 0.29) is 29.0 Å². The molecule has 0 fully saturated rings. The number of rotatable bonds is 8. The number of carbonyl (C=O) groups is 1. The molecule has 2 rings (SSSR count). The highest BCUT2D eigenvalue weighted by Crippen LogP contribution is 2.28. The van der Waals surface area contributed by atoms with Crippen molar-refractivity contribution in [2.24, 2.45) is 0 Å². The molecule has 6 nitrogen and oxygen atoms in total. The normalized spacial score (nSPS) is 11.5. The first kappa shape index (κ1) is 22.5. The fraction of sp³-hybridized carbons (Fsp3) is 0.316. The zero-order valence-electron chi connectivity index (χ0n) is 15.8. The molecular weight excluding hydrogens is 423 g/mol. The van der Waals surface area contributed by atoms with Crippen LogP contribution in [0.5, 0.6) is 5.75 Å². The average Bonchev–Trinajstić information content (AvgIpc) is 2.61. The molecule has 0 bridgehead atoms. The van der Waals surface area contributed by atoms with Gasteiger partial charge < -0.3 is 10.1 Å². The summed E-state index contributed by atoms with van der Waals surface area (Å²) in [5.74, 6) is 0.0853. The second-order valence-electron chi connectivity index (χ2n) is 6.43. The minimum atomic E-state index is -3.69. The first-order valence-corrected chi connectivity index (χ1v) is 10.8. The van der Waals surface area contributed by atoms with Crippen molar-refractivity contribution in [2.75, 3.05) is 12.4 Å². The van der Waals surface area contributed by atoms with Crippen LogP contribution in [0.15, 0.2) is 41.3 Å². The van der Waals surface area contributed by atoms with Gasteiger partial charge in [-0.15, -0.1) is 0 Å². The third-order valence-electron chi connectivity index (χ3n) is 3.77. The van der Waals surface area contributed by atoms with Gasteiger partial charge in [0.1, 0.15) is 5.75 Å². The summed E-state index contributed by atoms with van der Waals surface area (Å²) in [4.78, 5) is 12.4. The van der Waals surface area contributed by atoms with Gasteiger partial charge in [-0.1, -0.05) is 29.3 Å². The standard InChI is InChI=1S/C19H22Cl2N2O4S/c1-12(2)23-28(25,26)14-6-8-18(27-3)17(11-14)22-19(24)9-5-13-4-7-15(20)16(21)10-13/h4,6-8,10-12,23H,5,9H2,1-3H3,(H,22,24). The van der Waals surface area contributed by atoms with Gasteiger partial charge in [-0.3, -0.25) is 4.79 Å². The molecule has 0 aliphatic carbocycles. The van der Waals surface area contributed by atoms with Crippen LogP contribution in [0.3, 0.4) is 0 Å². The quantitative estimate of drug-likeness (QED) is 0.636. The Morgan fingerprint density at radius 2 is 1.82 bits per heavy atom. The third kappa shape index (κ3) is 6.10. The molecule has 0 heterocycles. The Hall–Kier alpha value is -1.80. The zero-order valence-corrected chi connectivity index (χ0v) is 18.1. The summed E-state index contributed by atoms with van der Waals surface area (Å²) in [6.07, 6.45) is 0.639. The van der Waals surface area contributed by atoms with E-state index < -0.39 is 10.0 Å². The van der Waals surface area contributed by atoms with E-state index in [1.54, 1.807) is 32.0 Å². The van der Waals surface area contributed by atoms with Crippen molar-refractivity contribution in [3.8, 4) is 5.75 Å². The largest absolute Gasteiger partial charge is 0.495 e. The maximum absolute atomic E-state index is 12.4. The minimum absolute atomic E-state index is 0.0433. The van der Waals surface area contributed by atoms with Crippen LogP contribution in [0.25, 0.3) is 0 Å². The van der Waals surface area contributed by atoms with Gasteiger partial charge in [-0.25, -0.2) is 13.1 Å². The van der Waals surface area contributed by atoms with Gasteiger partial charge in [0.05, 0.1) is 27.7 Å². The molecule has 0 aromatic heterocycles. The summed E-state index contributed by atoms with van der Waals surface area (Å²) in [5, 5.41) is 3.59. The molecule has 152 valence electrons. The number of hydrogen-bond acceptors (Lipinski definition) is 4. The lowest BCUT2D eigenvalue weighted by molar-refractivity contribution is -0.116. The highest BCUT2D eigenvalue weighted by molar-refractivity contribution is 7.89. The Balaban J connectivity index is 2.13. The van der Waals surface area contributed by atoms with E-state index >= 15 is 0 Å². The number of anilines is 1. The van der Waals surface area contributed by atoms with Crippen LogP contribution >= 0.6 is 23.2 Å². The van der Waals surface area contributed by atoms with Crippen LogP contribution in [-0.4, -0.2) is 27.5 Å². The average molecular weight is 445 g/mol. The molecule has 0 saturated carbocycles. The predicted molar refractivity (Wildman–Crippen MR) is 112 cm³/mol. The molecule has 0 aliphatic rings. The summed E-state index contributed by atoms with van der Waals surface area (Å²) in [6, 6.07) is 9.24. The summed E-state index contributed by atoms with van der Waals surface area (Å²) in [6.45, 7) is 3.46. The molecule has 0 aliphatic heterocycles. The van der Waals surface area contributed by atoms with Crippen molar-refractivity contribution >= 4 is 44.8 Å². The fourth-order valence-electron chi connectivity index (χ4n) is 2.50. The second kappa shape index (κ2) is 9.60. The molecule has 0 unspecified atom stereocenters. The number of halogens is 2. The molecule has 2 aromatic carbocycles. The summed E-state index contributed by atoms with van der Waals surface area (Å²) in [7, 11) is -2.25. The van der Waals surface area contributed by atoms with Crippen LogP contribution in [0, 0.1) is 0 Å². The van der Waals surface area contributed by atoms with Crippen molar-refractivity contribution in [1.82, 2.24) is 4.72 Å². The predicted octanol–water partition coefficient (Wildman–Crippen LogP) is 4.26. The fourth-order valence-corrected chi connectivity index (χ4v) is 4.09.